The van der Waals surface area contributed by atoms with Crippen molar-refractivity contribution in [2.75, 3.05) is 49.1 Å². The van der Waals surface area contributed by atoms with Gasteiger partial charge in [-0.2, -0.15) is 0 Å². The van der Waals surface area contributed by atoms with Crippen LogP contribution < -0.4 is 9.80 Å². The fourth-order valence-electron chi connectivity index (χ4n) is 4.53. The van der Waals surface area contributed by atoms with Crippen molar-refractivity contribution < 1.29 is 4.79 Å². The molecule has 5 rings (SSSR count). The van der Waals surface area contributed by atoms with E-state index < -0.39 is 0 Å². The zero-order valence-electron chi connectivity index (χ0n) is 18.6. The van der Waals surface area contributed by atoms with E-state index in [0.29, 0.717) is 6.54 Å². The number of benzene rings is 1. The van der Waals surface area contributed by atoms with Gasteiger partial charge in [0, 0.05) is 62.8 Å². The number of rotatable bonds is 5. The third-order valence-electron chi connectivity index (χ3n) is 6.24. The molecule has 7 nitrogen and oxygen atoms in total. The van der Waals surface area contributed by atoms with Crippen LogP contribution in [0.2, 0.25) is 0 Å². The fourth-order valence-corrected chi connectivity index (χ4v) is 5.44. The Labute approximate surface area is 198 Å². The average molecular weight is 461 g/mol. The molecule has 4 heterocycles. The van der Waals surface area contributed by atoms with Crippen molar-refractivity contribution in [1.82, 2.24) is 19.9 Å². The van der Waals surface area contributed by atoms with E-state index in [1.54, 1.807) is 24.2 Å². The summed E-state index contributed by atoms with van der Waals surface area (Å²) in [6.07, 6.45) is 7.21. The number of carbonyl (C=O) groups is 1. The van der Waals surface area contributed by atoms with Crippen molar-refractivity contribution in [3.8, 4) is 0 Å². The molecule has 0 bridgehead atoms. The van der Waals surface area contributed by atoms with Crippen LogP contribution in [0, 0.1) is 5.92 Å². The number of aromatic nitrogens is 3. The summed E-state index contributed by atoms with van der Waals surface area (Å²) in [6, 6.07) is 16.2. The molecule has 0 radical (unpaired) electrons. The minimum absolute atomic E-state index is 0.00303. The topological polar surface area (TPSA) is 65.5 Å². The van der Waals surface area contributed by atoms with E-state index in [4.69, 9.17) is 0 Å². The number of carbonyl (C=O) groups excluding carboxylic acids is 1. The smallest absolute Gasteiger partial charge is 0.227 e. The second kappa shape index (κ2) is 10.2. The summed E-state index contributed by atoms with van der Waals surface area (Å²) in [5.41, 5.74) is 0. The predicted octanol–water partition coefficient (Wildman–Crippen LogP) is 3.59. The van der Waals surface area contributed by atoms with E-state index in [2.05, 4.69) is 36.9 Å². The van der Waals surface area contributed by atoms with Crippen molar-refractivity contribution in [1.29, 1.82) is 0 Å². The molecule has 0 unspecified atom stereocenters. The lowest BCUT2D eigenvalue weighted by molar-refractivity contribution is -0.136. The van der Waals surface area contributed by atoms with Crippen molar-refractivity contribution in [3.63, 3.8) is 0 Å². The Kier molecular flexibility index (Phi) is 6.71. The molecule has 1 aromatic carbocycles. The fraction of sp³-hybridized carbons (Fsp3) is 0.360. The summed E-state index contributed by atoms with van der Waals surface area (Å²) >= 11 is 1.62. The predicted molar refractivity (Wildman–Crippen MR) is 131 cm³/mol. The Balaban J connectivity index is 1.23. The Bertz CT molecular complexity index is 1060. The highest BCUT2D eigenvalue weighted by atomic mass is 32.2. The minimum Gasteiger partial charge on any atom is -0.354 e. The van der Waals surface area contributed by atoms with Gasteiger partial charge < -0.3 is 14.7 Å². The highest BCUT2D eigenvalue weighted by molar-refractivity contribution is 7.99. The lowest BCUT2D eigenvalue weighted by Gasteiger charge is -2.39. The Morgan fingerprint density at radius 1 is 0.818 bits per heavy atom. The number of pyridine rings is 1. The Morgan fingerprint density at radius 2 is 1.61 bits per heavy atom. The molecule has 170 valence electrons. The lowest BCUT2D eigenvalue weighted by atomic mass is 9.96. The van der Waals surface area contributed by atoms with Crippen LogP contribution in [0.25, 0.3) is 0 Å². The van der Waals surface area contributed by atoms with Crippen LogP contribution in [0.4, 0.5) is 11.6 Å². The van der Waals surface area contributed by atoms with Crippen molar-refractivity contribution >= 4 is 29.3 Å². The number of anilines is 2. The first-order valence-electron chi connectivity index (χ1n) is 11.5. The number of hydrogen-bond donors (Lipinski definition) is 0. The molecule has 8 heteroatoms. The SMILES string of the molecule is O=C([C@@H]1CCCN(c2nccnc2Sc2ccccc2)C1)N1CCN(c2ccccn2)CC1. The van der Waals surface area contributed by atoms with Crippen molar-refractivity contribution in [2.24, 2.45) is 5.92 Å². The van der Waals surface area contributed by atoms with Crippen LogP contribution in [0.15, 0.2) is 77.0 Å². The van der Waals surface area contributed by atoms with E-state index in [1.807, 2.05) is 47.5 Å². The first kappa shape index (κ1) is 21.7. The summed E-state index contributed by atoms with van der Waals surface area (Å²) < 4.78 is 0. The summed E-state index contributed by atoms with van der Waals surface area (Å²) in [7, 11) is 0. The highest BCUT2D eigenvalue weighted by Gasteiger charge is 2.32. The van der Waals surface area contributed by atoms with Crippen LogP contribution in [0.1, 0.15) is 12.8 Å². The molecule has 33 heavy (non-hydrogen) atoms. The van der Waals surface area contributed by atoms with Crippen LogP contribution >= 0.6 is 11.8 Å². The quantitative estimate of drug-likeness (QED) is 0.576. The van der Waals surface area contributed by atoms with Crippen LogP contribution in [-0.2, 0) is 4.79 Å². The van der Waals surface area contributed by atoms with Crippen LogP contribution in [0.5, 0.6) is 0 Å². The van der Waals surface area contributed by atoms with Gasteiger partial charge >= 0.3 is 0 Å². The monoisotopic (exact) mass is 460 g/mol. The van der Waals surface area contributed by atoms with Gasteiger partial charge in [-0.1, -0.05) is 36.0 Å². The standard InChI is InChI=1S/C25H28N6OS/c32-25(30-17-15-29(16-18-30)22-10-4-5-11-26-22)20-7-6-14-31(19-20)23-24(28-13-12-27-23)33-21-8-2-1-3-9-21/h1-5,8-13,20H,6-7,14-19H2/t20-/m1/s1. The first-order chi connectivity index (χ1) is 16.3. The number of piperazine rings is 1. The minimum atomic E-state index is -0.00303. The lowest BCUT2D eigenvalue weighted by Crippen LogP contribution is -2.53. The molecule has 1 amide bonds. The molecular weight excluding hydrogens is 432 g/mol. The largest absolute Gasteiger partial charge is 0.354 e. The van der Waals surface area contributed by atoms with Gasteiger partial charge in [-0.05, 0) is 37.1 Å². The number of piperidine rings is 1. The molecule has 2 aromatic heterocycles. The summed E-state index contributed by atoms with van der Waals surface area (Å²) in [4.78, 5) is 34.7. The molecule has 2 aliphatic heterocycles. The molecule has 0 saturated carbocycles. The summed E-state index contributed by atoms with van der Waals surface area (Å²) in [5.74, 6) is 2.13. The third-order valence-corrected chi connectivity index (χ3v) is 7.23. The summed E-state index contributed by atoms with van der Waals surface area (Å²) in [6.45, 7) is 4.72. The van der Waals surface area contributed by atoms with Gasteiger partial charge in [0.15, 0.2) is 5.82 Å². The van der Waals surface area contributed by atoms with Gasteiger partial charge in [-0.25, -0.2) is 15.0 Å². The maximum absolute atomic E-state index is 13.4. The second-order valence-corrected chi connectivity index (χ2v) is 9.45. The van der Waals surface area contributed by atoms with Crippen molar-refractivity contribution in [2.45, 2.75) is 22.8 Å². The van der Waals surface area contributed by atoms with Gasteiger partial charge in [0.05, 0.1) is 5.92 Å². The molecule has 0 N–H and O–H groups in total. The van der Waals surface area contributed by atoms with E-state index >= 15 is 0 Å². The second-order valence-electron chi connectivity index (χ2n) is 8.39. The number of amides is 1. The maximum atomic E-state index is 13.4. The van der Waals surface area contributed by atoms with Gasteiger partial charge in [-0.15, -0.1) is 0 Å². The molecule has 2 saturated heterocycles. The normalized spacial score (nSPS) is 18.9. The molecule has 3 aromatic rings. The Hall–Kier alpha value is -3.13. The van der Waals surface area contributed by atoms with Gasteiger partial charge in [0.25, 0.3) is 0 Å². The van der Waals surface area contributed by atoms with Gasteiger partial charge in [0.2, 0.25) is 5.91 Å². The van der Waals surface area contributed by atoms with Crippen LogP contribution in [0.3, 0.4) is 0 Å². The number of nitrogens with zero attached hydrogens (tertiary/aromatic N) is 6. The molecule has 0 aliphatic carbocycles. The number of hydrogen-bond acceptors (Lipinski definition) is 7. The maximum Gasteiger partial charge on any atom is 0.227 e. The van der Waals surface area contributed by atoms with Crippen molar-refractivity contribution in [3.05, 3.63) is 67.1 Å². The zero-order valence-corrected chi connectivity index (χ0v) is 19.4. The van der Waals surface area contributed by atoms with Gasteiger partial charge in [-0.3, -0.25) is 4.79 Å². The van der Waals surface area contributed by atoms with Crippen LogP contribution in [-0.4, -0.2) is 65.0 Å². The third kappa shape index (κ3) is 5.11. The van der Waals surface area contributed by atoms with E-state index in [-0.39, 0.29) is 11.8 Å². The highest BCUT2D eigenvalue weighted by Crippen LogP contribution is 2.34. The summed E-state index contributed by atoms with van der Waals surface area (Å²) in [5, 5.41) is 0.890. The Morgan fingerprint density at radius 3 is 2.39 bits per heavy atom. The molecular formula is C25H28N6OS. The van der Waals surface area contributed by atoms with E-state index in [9.17, 15) is 4.79 Å². The van der Waals surface area contributed by atoms with Gasteiger partial charge in [0.1, 0.15) is 10.8 Å². The molecule has 2 aliphatic rings. The zero-order chi connectivity index (χ0) is 22.5. The molecule has 0 spiro atoms. The molecule has 2 fully saturated rings. The average Bonchev–Trinajstić information content (AvgIpc) is 2.90. The van der Waals surface area contributed by atoms with E-state index in [1.165, 1.54) is 0 Å². The van der Waals surface area contributed by atoms with E-state index in [0.717, 1.165) is 67.1 Å². The molecule has 1 atom stereocenters. The first-order valence-corrected chi connectivity index (χ1v) is 12.3.